The Morgan fingerprint density at radius 2 is 2.19 bits per heavy atom. The van der Waals surface area contributed by atoms with Crippen LogP contribution in [0.3, 0.4) is 0 Å². The lowest BCUT2D eigenvalue weighted by Crippen LogP contribution is -2.13. The lowest BCUT2D eigenvalue weighted by atomic mass is 10.2. The fourth-order valence-electron chi connectivity index (χ4n) is 2.13. The zero-order valence-electron chi connectivity index (χ0n) is 10.9. The van der Waals surface area contributed by atoms with E-state index in [2.05, 4.69) is 20.8 Å². The third-order valence-corrected chi connectivity index (χ3v) is 3.94. The summed E-state index contributed by atoms with van der Waals surface area (Å²) in [5.74, 6) is 0.0973. The Hall–Kier alpha value is -1.63. The van der Waals surface area contributed by atoms with E-state index in [1.807, 2.05) is 0 Å². The Bertz CT molecular complexity index is 668. The molecule has 0 bridgehead atoms. The van der Waals surface area contributed by atoms with Gasteiger partial charge >= 0.3 is 6.01 Å². The monoisotopic (exact) mass is 326 g/mol. The van der Waals surface area contributed by atoms with Crippen LogP contribution in [0.5, 0.6) is 0 Å². The molecule has 1 saturated heterocycles. The standard InChI is InChI=1S/C13H12Cl2N4O2/c14-8-4-3-7(6-9(8)15)11(20)17-13-19-18-12(21-13)10-2-1-5-16-10/h3-4,6,10,16H,1-2,5H2,(H,17,19,20). The zero-order chi connectivity index (χ0) is 14.8. The molecule has 0 spiro atoms. The summed E-state index contributed by atoms with van der Waals surface area (Å²) < 4.78 is 5.44. The van der Waals surface area contributed by atoms with Crippen LogP contribution in [0.2, 0.25) is 10.0 Å². The van der Waals surface area contributed by atoms with Gasteiger partial charge in [-0.1, -0.05) is 28.3 Å². The summed E-state index contributed by atoms with van der Waals surface area (Å²) in [6.45, 7) is 0.929. The highest BCUT2D eigenvalue weighted by Crippen LogP contribution is 2.24. The number of amides is 1. The fourth-order valence-corrected chi connectivity index (χ4v) is 2.43. The maximum absolute atomic E-state index is 12.1. The molecule has 1 aromatic heterocycles. The van der Waals surface area contributed by atoms with Crippen molar-refractivity contribution < 1.29 is 9.21 Å². The molecule has 0 radical (unpaired) electrons. The first-order chi connectivity index (χ1) is 10.1. The van der Waals surface area contributed by atoms with Crippen molar-refractivity contribution in [2.24, 2.45) is 0 Å². The number of carbonyl (C=O) groups is 1. The van der Waals surface area contributed by atoms with Crippen molar-refractivity contribution >= 4 is 35.1 Å². The number of halogens is 2. The van der Waals surface area contributed by atoms with Crippen molar-refractivity contribution in [2.45, 2.75) is 18.9 Å². The van der Waals surface area contributed by atoms with Gasteiger partial charge in [0.1, 0.15) is 0 Å². The van der Waals surface area contributed by atoms with E-state index in [0.29, 0.717) is 21.5 Å². The minimum absolute atomic E-state index is 0.0631. The summed E-state index contributed by atoms with van der Waals surface area (Å²) in [5.41, 5.74) is 0.364. The highest BCUT2D eigenvalue weighted by atomic mass is 35.5. The number of hydrogen-bond donors (Lipinski definition) is 2. The lowest BCUT2D eigenvalue weighted by molar-refractivity contribution is 0.102. The first-order valence-electron chi connectivity index (χ1n) is 6.46. The number of anilines is 1. The maximum atomic E-state index is 12.1. The number of carbonyl (C=O) groups excluding carboxylic acids is 1. The molecule has 1 amide bonds. The normalized spacial score (nSPS) is 17.9. The molecule has 2 heterocycles. The third-order valence-electron chi connectivity index (χ3n) is 3.20. The predicted molar refractivity (Wildman–Crippen MR) is 78.7 cm³/mol. The smallest absolute Gasteiger partial charge is 0.322 e. The third kappa shape index (κ3) is 3.18. The Balaban J connectivity index is 1.70. The van der Waals surface area contributed by atoms with Crippen molar-refractivity contribution in [3.05, 3.63) is 39.7 Å². The Morgan fingerprint density at radius 3 is 2.90 bits per heavy atom. The van der Waals surface area contributed by atoms with Gasteiger partial charge in [-0.3, -0.25) is 10.1 Å². The quantitative estimate of drug-likeness (QED) is 0.906. The molecule has 1 atom stereocenters. The van der Waals surface area contributed by atoms with Gasteiger partial charge in [0.05, 0.1) is 16.1 Å². The van der Waals surface area contributed by atoms with E-state index in [1.165, 1.54) is 6.07 Å². The van der Waals surface area contributed by atoms with E-state index < -0.39 is 0 Å². The topological polar surface area (TPSA) is 80.0 Å². The van der Waals surface area contributed by atoms with Crippen molar-refractivity contribution in [3.63, 3.8) is 0 Å². The summed E-state index contributed by atoms with van der Waals surface area (Å²) >= 11 is 11.7. The molecule has 8 heteroatoms. The molecule has 1 unspecified atom stereocenters. The molecular formula is C13H12Cl2N4O2. The largest absolute Gasteiger partial charge is 0.406 e. The van der Waals surface area contributed by atoms with E-state index in [0.717, 1.165) is 19.4 Å². The van der Waals surface area contributed by atoms with Crippen molar-refractivity contribution in [1.82, 2.24) is 15.5 Å². The minimum Gasteiger partial charge on any atom is -0.406 e. The van der Waals surface area contributed by atoms with Crippen LogP contribution in [0.1, 0.15) is 35.1 Å². The Labute approximate surface area is 130 Å². The first kappa shape index (κ1) is 14.3. The van der Waals surface area contributed by atoms with Crippen LogP contribution in [0, 0.1) is 0 Å². The van der Waals surface area contributed by atoms with Gasteiger partial charge in [-0.25, -0.2) is 0 Å². The number of aromatic nitrogens is 2. The molecule has 21 heavy (non-hydrogen) atoms. The molecule has 6 nitrogen and oxygen atoms in total. The van der Waals surface area contributed by atoms with Crippen LogP contribution >= 0.6 is 23.2 Å². The second-order valence-corrected chi connectivity index (χ2v) is 5.49. The number of benzene rings is 1. The summed E-state index contributed by atoms with van der Waals surface area (Å²) in [6.07, 6.45) is 2.01. The Morgan fingerprint density at radius 1 is 1.33 bits per heavy atom. The van der Waals surface area contributed by atoms with Crippen molar-refractivity contribution in [1.29, 1.82) is 0 Å². The molecule has 1 aliphatic heterocycles. The van der Waals surface area contributed by atoms with Crippen LogP contribution < -0.4 is 10.6 Å². The van der Waals surface area contributed by atoms with Gasteiger partial charge in [0, 0.05) is 5.56 Å². The molecule has 1 fully saturated rings. The summed E-state index contributed by atoms with van der Waals surface area (Å²) in [5, 5.41) is 14.2. The SMILES string of the molecule is O=C(Nc1nnc(C2CCCN2)o1)c1ccc(Cl)c(Cl)c1. The van der Waals surface area contributed by atoms with Gasteiger partial charge in [-0.15, -0.1) is 5.10 Å². The van der Waals surface area contributed by atoms with Gasteiger partial charge < -0.3 is 9.73 Å². The van der Waals surface area contributed by atoms with E-state index in [1.54, 1.807) is 12.1 Å². The van der Waals surface area contributed by atoms with E-state index in [-0.39, 0.29) is 18.0 Å². The summed E-state index contributed by atoms with van der Waals surface area (Å²) in [7, 11) is 0. The lowest BCUT2D eigenvalue weighted by Gasteiger charge is -2.03. The highest BCUT2D eigenvalue weighted by molar-refractivity contribution is 6.42. The zero-order valence-corrected chi connectivity index (χ0v) is 12.4. The summed E-state index contributed by atoms with van der Waals surface area (Å²) in [4.78, 5) is 12.1. The fraction of sp³-hybridized carbons (Fsp3) is 0.308. The van der Waals surface area contributed by atoms with Gasteiger partial charge in [0.15, 0.2) is 0 Å². The van der Waals surface area contributed by atoms with Crippen LogP contribution in [0.15, 0.2) is 22.6 Å². The minimum atomic E-state index is -0.386. The number of rotatable bonds is 3. The second-order valence-electron chi connectivity index (χ2n) is 4.68. The molecule has 0 saturated carbocycles. The van der Waals surface area contributed by atoms with E-state index in [9.17, 15) is 4.79 Å². The molecule has 1 aromatic carbocycles. The van der Waals surface area contributed by atoms with Crippen LogP contribution in [-0.2, 0) is 0 Å². The summed E-state index contributed by atoms with van der Waals surface area (Å²) in [6, 6.07) is 4.73. The molecule has 0 aliphatic carbocycles. The van der Waals surface area contributed by atoms with Crippen LogP contribution in [0.4, 0.5) is 6.01 Å². The van der Waals surface area contributed by atoms with Gasteiger partial charge in [0.2, 0.25) is 5.89 Å². The van der Waals surface area contributed by atoms with E-state index in [4.69, 9.17) is 27.6 Å². The molecular weight excluding hydrogens is 315 g/mol. The van der Waals surface area contributed by atoms with Gasteiger partial charge in [-0.2, -0.15) is 0 Å². The maximum Gasteiger partial charge on any atom is 0.322 e. The van der Waals surface area contributed by atoms with Crippen LogP contribution in [-0.4, -0.2) is 22.6 Å². The molecule has 1 aliphatic rings. The van der Waals surface area contributed by atoms with Crippen molar-refractivity contribution in [3.8, 4) is 0 Å². The van der Waals surface area contributed by atoms with Crippen molar-refractivity contribution in [2.75, 3.05) is 11.9 Å². The average Bonchev–Trinajstić information content (AvgIpc) is 3.12. The predicted octanol–water partition coefficient (Wildman–Crippen LogP) is 3.05. The molecule has 2 aromatic rings. The number of nitrogens with one attached hydrogen (secondary N) is 2. The molecule has 3 rings (SSSR count). The molecule has 110 valence electrons. The van der Waals surface area contributed by atoms with Gasteiger partial charge in [0.25, 0.3) is 5.91 Å². The Kier molecular flexibility index (Phi) is 4.10. The average molecular weight is 327 g/mol. The number of nitrogens with zero attached hydrogens (tertiary/aromatic N) is 2. The van der Waals surface area contributed by atoms with Crippen LogP contribution in [0.25, 0.3) is 0 Å². The van der Waals surface area contributed by atoms with Gasteiger partial charge in [-0.05, 0) is 37.6 Å². The first-order valence-corrected chi connectivity index (χ1v) is 7.22. The second kappa shape index (κ2) is 6.01. The molecule has 2 N–H and O–H groups in total. The highest BCUT2D eigenvalue weighted by Gasteiger charge is 2.22. The van der Waals surface area contributed by atoms with E-state index >= 15 is 0 Å². The number of hydrogen-bond acceptors (Lipinski definition) is 5.